The van der Waals surface area contributed by atoms with E-state index in [0.717, 1.165) is 13.1 Å². The Morgan fingerprint density at radius 2 is 2.18 bits per heavy atom. The smallest absolute Gasteiger partial charge is 0.250 e. The largest absolute Gasteiger partial charge is 0.315 e. The Bertz CT molecular complexity index is 124. The molecule has 0 unspecified atom stereocenters. The maximum Gasteiger partial charge on any atom is 0.250 e. The Balaban J connectivity index is 2.02. The van der Waals surface area contributed by atoms with E-state index in [0.29, 0.717) is 6.54 Å². The van der Waals surface area contributed by atoms with Gasteiger partial charge in [-0.15, -0.1) is 0 Å². The van der Waals surface area contributed by atoms with E-state index in [2.05, 4.69) is 17.6 Å². The van der Waals surface area contributed by atoms with Gasteiger partial charge in [0, 0.05) is 25.0 Å². The molecule has 1 saturated heterocycles. The maximum absolute atomic E-state index is 11.7. The zero-order valence-corrected chi connectivity index (χ0v) is 6.66. The molecular formula is C7H14F2N2. The first-order valence-corrected chi connectivity index (χ1v) is 3.82. The number of halogens is 2. The number of alkyl halides is 2. The highest BCUT2D eigenvalue weighted by Gasteiger charge is 2.30. The average molecular weight is 164 g/mol. The van der Waals surface area contributed by atoms with Crippen molar-refractivity contribution in [3.05, 3.63) is 0 Å². The fourth-order valence-corrected chi connectivity index (χ4v) is 1.16. The second kappa shape index (κ2) is 3.45. The van der Waals surface area contributed by atoms with Crippen molar-refractivity contribution in [2.45, 2.75) is 13.3 Å². The Morgan fingerprint density at radius 1 is 1.55 bits per heavy atom. The molecule has 1 aliphatic rings. The molecule has 1 heterocycles. The lowest BCUT2D eigenvalue weighted by Crippen LogP contribution is -2.56. The molecule has 0 aromatic carbocycles. The molecule has 11 heavy (non-hydrogen) atoms. The molecule has 66 valence electrons. The Morgan fingerprint density at radius 3 is 2.55 bits per heavy atom. The van der Waals surface area contributed by atoms with Crippen LogP contribution in [0.3, 0.4) is 0 Å². The van der Waals surface area contributed by atoms with E-state index < -0.39 is 6.43 Å². The molecule has 0 aromatic rings. The lowest BCUT2D eigenvalue weighted by Gasteiger charge is -2.39. The van der Waals surface area contributed by atoms with Crippen LogP contribution in [0.5, 0.6) is 0 Å². The van der Waals surface area contributed by atoms with Crippen molar-refractivity contribution in [3.63, 3.8) is 0 Å². The monoisotopic (exact) mass is 164 g/mol. The summed E-state index contributed by atoms with van der Waals surface area (Å²) in [7, 11) is 0. The molecule has 0 amide bonds. The predicted molar refractivity (Wildman–Crippen MR) is 39.9 cm³/mol. The van der Waals surface area contributed by atoms with Gasteiger partial charge in [0.2, 0.25) is 0 Å². The average Bonchev–Trinajstić information content (AvgIpc) is 1.83. The molecule has 4 heteroatoms. The van der Waals surface area contributed by atoms with Gasteiger partial charge in [-0.3, -0.25) is 0 Å². The van der Waals surface area contributed by atoms with Gasteiger partial charge in [-0.1, -0.05) is 6.92 Å². The Labute approximate surface area is 65.4 Å². The molecule has 1 rings (SSSR count). The number of hydrogen-bond acceptors (Lipinski definition) is 2. The van der Waals surface area contributed by atoms with Crippen LogP contribution in [0.25, 0.3) is 0 Å². The summed E-state index contributed by atoms with van der Waals surface area (Å²) in [5.41, 5.74) is 0.203. The van der Waals surface area contributed by atoms with Crippen LogP contribution in [-0.2, 0) is 0 Å². The van der Waals surface area contributed by atoms with Crippen molar-refractivity contribution in [1.82, 2.24) is 10.6 Å². The number of rotatable bonds is 4. The summed E-state index contributed by atoms with van der Waals surface area (Å²) >= 11 is 0. The summed E-state index contributed by atoms with van der Waals surface area (Å²) in [6.45, 7) is 4.45. The Kier molecular flexibility index (Phi) is 2.78. The van der Waals surface area contributed by atoms with Crippen LogP contribution < -0.4 is 10.6 Å². The van der Waals surface area contributed by atoms with Crippen molar-refractivity contribution >= 4 is 0 Å². The molecule has 0 aliphatic carbocycles. The first-order valence-electron chi connectivity index (χ1n) is 3.82. The highest BCUT2D eigenvalue weighted by Crippen LogP contribution is 2.19. The molecule has 2 N–H and O–H groups in total. The summed E-state index contributed by atoms with van der Waals surface area (Å²) < 4.78 is 23.3. The Hall–Kier alpha value is -0.220. The SMILES string of the molecule is CC1(CNCC(F)F)CNC1. The van der Waals surface area contributed by atoms with Crippen LogP contribution in [0.1, 0.15) is 6.92 Å². The van der Waals surface area contributed by atoms with E-state index in [4.69, 9.17) is 0 Å². The normalized spacial score (nSPS) is 21.8. The second-order valence-corrected chi connectivity index (χ2v) is 3.44. The maximum atomic E-state index is 11.7. The van der Waals surface area contributed by atoms with Gasteiger partial charge < -0.3 is 10.6 Å². The fourth-order valence-electron chi connectivity index (χ4n) is 1.16. The first-order chi connectivity index (χ1) is 5.12. The van der Waals surface area contributed by atoms with Gasteiger partial charge in [-0.05, 0) is 0 Å². The standard InChI is InChI=1S/C7H14F2N2/c1-7(4-11-5-7)3-10-2-6(8)9/h6,10-11H,2-5H2,1H3. The zero-order chi connectivity index (χ0) is 8.32. The van der Waals surface area contributed by atoms with Gasteiger partial charge >= 0.3 is 0 Å². The third-order valence-corrected chi connectivity index (χ3v) is 1.95. The lowest BCUT2D eigenvalue weighted by molar-refractivity contribution is 0.128. The third-order valence-electron chi connectivity index (χ3n) is 1.95. The molecule has 0 bridgehead atoms. The summed E-state index contributed by atoms with van der Waals surface area (Å²) in [4.78, 5) is 0. The summed E-state index contributed by atoms with van der Waals surface area (Å²) in [6, 6.07) is 0. The summed E-state index contributed by atoms with van der Waals surface area (Å²) in [6.07, 6.45) is -2.23. The van der Waals surface area contributed by atoms with Crippen LogP contribution >= 0.6 is 0 Å². The first kappa shape index (κ1) is 8.87. The summed E-state index contributed by atoms with van der Waals surface area (Å²) in [5.74, 6) is 0. The van der Waals surface area contributed by atoms with Gasteiger partial charge in [0.25, 0.3) is 6.43 Å². The molecule has 0 atom stereocenters. The minimum Gasteiger partial charge on any atom is -0.315 e. The molecule has 0 saturated carbocycles. The van der Waals surface area contributed by atoms with Crippen molar-refractivity contribution in [1.29, 1.82) is 0 Å². The van der Waals surface area contributed by atoms with Crippen molar-refractivity contribution in [2.75, 3.05) is 26.2 Å². The molecule has 1 fully saturated rings. The highest BCUT2D eigenvalue weighted by atomic mass is 19.3. The topological polar surface area (TPSA) is 24.1 Å². The van der Waals surface area contributed by atoms with E-state index in [-0.39, 0.29) is 12.0 Å². The van der Waals surface area contributed by atoms with Gasteiger partial charge in [0.05, 0.1) is 6.54 Å². The molecule has 0 aromatic heterocycles. The molecule has 2 nitrogen and oxygen atoms in total. The van der Waals surface area contributed by atoms with Crippen LogP contribution in [0, 0.1) is 5.41 Å². The molecule has 0 spiro atoms. The molecule has 1 aliphatic heterocycles. The van der Waals surface area contributed by atoms with E-state index in [9.17, 15) is 8.78 Å². The van der Waals surface area contributed by atoms with E-state index in [1.54, 1.807) is 0 Å². The second-order valence-electron chi connectivity index (χ2n) is 3.44. The number of hydrogen-bond donors (Lipinski definition) is 2. The molecule has 0 radical (unpaired) electrons. The van der Waals surface area contributed by atoms with Crippen LogP contribution in [0.15, 0.2) is 0 Å². The minimum absolute atomic E-state index is 0.185. The summed E-state index contributed by atoms with van der Waals surface area (Å²) in [5, 5.41) is 5.85. The van der Waals surface area contributed by atoms with Crippen LogP contribution in [-0.4, -0.2) is 32.6 Å². The van der Waals surface area contributed by atoms with Crippen LogP contribution in [0.4, 0.5) is 8.78 Å². The van der Waals surface area contributed by atoms with Crippen molar-refractivity contribution in [2.24, 2.45) is 5.41 Å². The minimum atomic E-state index is -2.23. The number of nitrogens with one attached hydrogen (secondary N) is 2. The van der Waals surface area contributed by atoms with E-state index in [1.165, 1.54) is 0 Å². The van der Waals surface area contributed by atoms with Gasteiger partial charge in [-0.25, -0.2) is 8.78 Å². The van der Waals surface area contributed by atoms with Crippen molar-refractivity contribution in [3.8, 4) is 0 Å². The van der Waals surface area contributed by atoms with Crippen LogP contribution in [0.2, 0.25) is 0 Å². The quantitative estimate of drug-likeness (QED) is 0.630. The predicted octanol–water partition coefficient (Wildman–Crippen LogP) is 0.451. The highest BCUT2D eigenvalue weighted by molar-refractivity contribution is 4.89. The third kappa shape index (κ3) is 2.71. The molecular weight excluding hydrogens is 150 g/mol. The van der Waals surface area contributed by atoms with E-state index >= 15 is 0 Å². The van der Waals surface area contributed by atoms with Gasteiger partial charge in [-0.2, -0.15) is 0 Å². The van der Waals surface area contributed by atoms with E-state index in [1.807, 2.05) is 0 Å². The van der Waals surface area contributed by atoms with Gasteiger partial charge in [0.15, 0.2) is 0 Å². The zero-order valence-electron chi connectivity index (χ0n) is 6.66. The van der Waals surface area contributed by atoms with Gasteiger partial charge in [0.1, 0.15) is 0 Å². The lowest BCUT2D eigenvalue weighted by atomic mass is 9.84. The fraction of sp³-hybridized carbons (Fsp3) is 1.00. The van der Waals surface area contributed by atoms with Crippen molar-refractivity contribution < 1.29 is 8.78 Å².